The number of fused-ring (bicyclic) bond motifs is 1. The Morgan fingerprint density at radius 2 is 1.71 bits per heavy atom. The first-order valence-electron chi connectivity index (χ1n) is 9.75. The first kappa shape index (κ1) is 18.1. The number of hydrogen-bond donors (Lipinski definition) is 1. The van der Waals surface area contributed by atoms with E-state index in [2.05, 4.69) is 11.1 Å². The molecule has 4 rings (SSSR count). The van der Waals surface area contributed by atoms with Crippen molar-refractivity contribution in [1.29, 1.82) is 5.26 Å². The highest BCUT2D eigenvalue weighted by Crippen LogP contribution is 2.36. The molecule has 1 aliphatic carbocycles. The molecule has 1 aliphatic rings. The molecule has 0 unspecified atom stereocenters. The van der Waals surface area contributed by atoms with Crippen LogP contribution in [-0.4, -0.2) is 4.98 Å². The maximum Gasteiger partial charge on any atom is 0.142 e. The molecular weight excluding hydrogens is 346 g/mol. The molecule has 4 nitrogen and oxygen atoms in total. The van der Waals surface area contributed by atoms with Gasteiger partial charge in [0.1, 0.15) is 29.8 Å². The van der Waals surface area contributed by atoms with Gasteiger partial charge in [-0.15, -0.1) is 0 Å². The van der Waals surface area contributed by atoms with Crippen LogP contribution in [0, 0.1) is 11.3 Å². The van der Waals surface area contributed by atoms with Crippen molar-refractivity contribution in [2.45, 2.75) is 38.7 Å². The quantitative estimate of drug-likeness (QED) is 0.653. The number of benzene rings is 2. The SMILES string of the molecule is N#Cc1c(N)nc2c(c1-c1ccc(OCc3ccccc3)cc1)CCCCC2. The Morgan fingerprint density at radius 1 is 0.964 bits per heavy atom. The summed E-state index contributed by atoms with van der Waals surface area (Å²) in [4.78, 5) is 4.54. The van der Waals surface area contributed by atoms with E-state index in [1.54, 1.807) is 0 Å². The maximum atomic E-state index is 9.70. The molecule has 0 bridgehead atoms. The van der Waals surface area contributed by atoms with Gasteiger partial charge in [0.15, 0.2) is 0 Å². The van der Waals surface area contributed by atoms with Gasteiger partial charge in [0, 0.05) is 11.3 Å². The fourth-order valence-corrected chi connectivity index (χ4v) is 3.83. The largest absolute Gasteiger partial charge is 0.489 e. The average molecular weight is 369 g/mol. The molecule has 28 heavy (non-hydrogen) atoms. The van der Waals surface area contributed by atoms with Gasteiger partial charge in [0.05, 0.1) is 0 Å². The van der Waals surface area contributed by atoms with E-state index >= 15 is 0 Å². The Balaban J connectivity index is 1.65. The lowest BCUT2D eigenvalue weighted by Gasteiger charge is -2.16. The molecule has 140 valence electrons. The topological polar surface area (TPSA) is 71.9 Å². The van der Waals surface area contributed by atoms with Crippen LogP contribution in [0.5, 0.6) is 5.75 Å². The number of rotatable bonds is 4. The number of nitrogen functional groups attached to an aromatic ring is 1. The highest BCUT2D eigenvalue weighted by atomic mass is 16.5. The van der Waals surface area contributed by atoms with Gasteiger partial charge in [0.2, 0.25) is 0 Å². The summed E-state index contributed by atoms with van der Waals surface area (Å²) < 4.78 is 5.89. The standard InChI is InChI=1S/C24H23N3O/c25-15-21-23(20-9-5-2-6-10-22(20)27-24(21)26)18-11-13-19(14-12-18)28-16-17-7-3-1-4-8-17/h1,3-4,7-8,11-14H,2,5-6,9-10,16H2,(H2,26,27). The third kappa shape index (κ3) is 3.70. The molecule has 0 amide bonds. The second-order valence-corrected chi connectivity index (χ2v) is 7.14. The van der Waals surface area contributed by atoms with Crippen LogP contribution in [0.3, 0.4) is 0 Å². The van der Waals surface area contributed by atoms with Crippen LogP contribution in [0.15, 0.2) is 54.6 Å². The Hall–Kier alpha value is -3.32. The molecule has 0 fully saturated rings. The molecule has 3 aromatic rings. The molecule has 1 heterocycles. The van der Waals surface area contributed by atoms with Crippen LogP contribution in [0.25, 0.3) is 11.1 Å². The zero-order valence-electron chi connectivity index (χ0n) is 15.8. The van der Waals surface area contributed by atoms with Crippen molar-refractivity contribution in [2.24, 2.45) is 0 Å². The molecule has 0 atom stereocenters. The Bertz CT molecular complexity index is 1000. The number of nitrogens with two attached hydrogens (primary N) is 1. The van der Waals surface area contributed by atoms with Gasteiger partial charge < -0.3 is 10.5 Å². The summed E-state index contributed by atoms with van der Waals surface area (Å²) in [5.41, 5.74) is 11.9. The van der Waals surface area contributed by atoms with Crippen molar-refractivity contribution in [2.75, 3.05) is 5.73 Å². The number of aromatic nitrogens is 1. The first-order chi connectivity index (χ1) is 13.8. The van der Waals surface area contributed by atoms with Crippen LogP contribution >= 0.6 is 0 Å². The van der Waals surface area contributed by atoms with Crippen molar-refractivity contribution in [3.8, 4) is 22.9 Å². The number of anilines is 1. The lowest BCUT2D eigenvalue weighted by Crippen LogP contribution is -2.07. The van der Waals surface area contributed by atoms with E-state index in [9.17, 15) is 5.26 Å². The van der Waals surface area contributed by atoms with E-state index in [1.165, 1.54) is 12.0 Å². The summed E-state index contributed by atoms with van der Waals surface area (Å²) in [5.74, 6) is 1.14. The summed E-state index contributed by atoms with van der Waals surface area (Å²) in [6, 6.07) is 20.3. The van der Waals surface area contributed by atoms with E-state index in [4.69, 9.17) is 10.5 Å². The van der Waals surface area contributed by atoms with Crippen LogP contribution in [0.4, 0.5) is 5.82 Å². The van der Waals surface area contributed by atoms with Gasteiger partial charge in [-0.05, 0) is 54.5 Å². The van der Waals surface area contributed by atoms with Crippen LogP contribution in [0.1, 0.15) is 41.6 Å². The first-order valence-corrected chi connectivity index (χ1v) is 9.75. The highest BCUT2D eigenvalue weighted by molar-refractivity contribution is 5.79. The molecule has 0 aliphatic heterocycles. The predicted molar refractivity (Wildman–Crippen MR) is 111 cm³/mol. The molecule has 0 radical (unpaired) electrons. The van der Waals surface area contributed by atoms with Crippen LogP contribution < -0.4 is 10.5 Å². The number of hydrogen-bond acceptors (Lipinski definition) is 4. The minimum absolute atomic E-state index is 0.336. The summed E-state index contributed by atoms with van der Waals surface area (Å²) in [5, 5.41) is 9.70. The Morgan fingerprint density at radius 3 is 2.46 bits per heavy atom. The normalized spacial score (nSPS) is 13.2. The Kier molecular flexibility index (Phi) is 5.25. The van der Waals surface area contributed by atoms with Crippen molar-refractivity contribution in [3.63, 3.8) is 0 Å². The fraction of sp³-hybridized carbons (Fsp3) is 0.250. The average Bonchev–Trinajstić information content (AvgIpc) is 2.97. The van der Waals surface area contributed by atoms with E-state index in [0.29, 0.717) is 18.0 Å². The van der Waals surface area contributed by atoms with E-state index in [-0.39, 0.29) is 0 Å². The summed E-state index contributed by atoms with van der Waals surface area (Å²) >= 11 is 0. The van der Waals surface area contributed by atoms with Crippen molar-refractivity contribution < 1.29 is 4.74 Å². The fourth-order valence-electron chi connectivity index (χ4n) is 3.83. The lowest BCUT2D eigenvalue weighted by atomic mass is 9.92. The molecule has 0 saturated heterocycles. The Labute approximate surface area is 165 Å². The number of nitrogens with zero attached hydrogens (tertiary/aromatic N) is 2. The third-order valence-corrected chi connectivity index (χ3v) is 5.26. The summed E-state index contributed by atoms with van der Waals surface area (Å²) in [7, 11) is 0. The minimum Gasteiger partial charge on any atom is -0.489 e. The molecule has 2 N–H and O–H groups in total. The minimum atomic E-state index is 0.336. The molecule has 2 aromatic carbocycles. The van der Waals surface area contributed by atoms with Gasteiger partial charge in [-0.25, -0.2) is 4.98 Å². The molecule has 1 aromatic heterocycles. The van der Waals surface area contributed by atoms with E-state index < -0.39 is 0 Å². The number of pyridine rings is 1. The second-order valence-electron chi connectivity index (χ2n) is 7.14. The van der Waals surface area contributed by atoms with Gasteiger partial charge in [-0.1, -0.05) is 48.9 Å². The second kappa shape index (κ2) is 8.14. The highest BCUT2D eigenvalue weighted by Gasteiger charge is 2.21. The third-order valence-electron chi connectivity index (χ3n) is 5.26. The molecular formula is C24H23N3O. The van der Waals surface area contributed by atoms with Gasteiger partial charge in [0.25, 0.3) is 0 Å². The predicted octanol–water partition coefficient (Wildman–Crippen LogP) is 5.05. The number of aryl methyl sites for hydroxylation is 1. The maximum absolute atomic E-state index is 9.70. The summed E-state index contributed by atoms with van der Waals surface area (Å²) in [6.45, 7) is 0.529. The van der Waals surface area contributed by atoms with Crippen LogP contribution in [0.2, 0.25) is 0 Å². The molecule has 4 heteroatoms. The zero-order chi connectivity index (χ0) is 19.3. The van der Waals surface area contributed by atoms with Crippen molar-refractivity contribution in [3.05, 3.63) is 77.0 Å². The van der Waals surface area contributed by atoms with Gasteiger partial charge >= 0.3 is 0 Å². The lowest BCUT2D eigenvalue weighted by molar-refractivity contribution is 0.306. The monoisotopic (exact) mass is 369 g/mol. The van der Waals surface area contributed by atoms with Gasteiger partial charge in [-0.3, -0.25) is 0 Å². The zero-order valence-corrected chi connectivity index (χ0v) is 15.8. The van der Waals surface area contributed by atoms with E-state index in [0.717, 1.165) is 53.8 Å². The van der Waals surface area contributed by atoms with Crippen molar-refractivity contribution in [1.82, 2.24) is 4.98 Å². The molecule has 0 saturated carbocycles. The number of ether oxygens (including phenoxy) is 1. The number of nitriles is 1. The van der Waals surface area contributed by atoms with Crippen molar-refractivity contribution >= 4 is 5.82 Å². The summed E-state index contributed by atoms with van der Waals surface area (Å²) in [6.07, 6.45) is 5.30. The van der Waals surface area contributed by atoms with Gasteiger partial charge in [-0.2, -0.15) is 5.26 Å². The molecule has 0 spiro atoms. The smallest absolute Gasteiger partial charge is 0.142 e. The van der Waals surface area contributed by atoms with Crippen LogP contribution in [-0.2, 0) is 19.4 Å². The van der Waals surface area contributed by atoms with E-state index in [1.807, 2.05) is 54.6 Å².